The van der Waals surface area contributed by atoms with E-state index in [1.165, 1.54) is 38.5 Å². The van der Waals surface area contributed by atoms with Crippen molar-refractivity contribution in [2.45, 2.75) is 69.6 Å². The van der Waals surface area contributed by atoms with E-state index in [1.807, 2.05) is 0 Å². The maximum absolute atomic E-state index is 9.47. The molecule has 2 heteroatoms. The van der Waals surface area contributed by atoms with Crippen LogP contribution < -0.4 is 5.32 Å². The Hall–Kier alpha value is -0.0800. The Kier molecular flexibility index (Phi) is 2.73. The first-order chi connectivity index (χ1) is 7.31. The monoisotopic (exact) mass is 209 g/mol. The summed E-state index contributed by atoms with van der Waals surface area (Å²) in [7, 11) is 0. The van der Waals surface area contributed by atoms with Crippen molar-refractivity contribution in [1.82, 2.24) is 5.32 Å². The largest absolute Gasteiger partial charge is 0.393 e. The van der Waals surface area contributed by atoms with Gasteiger partial charge in [0.05, 0.1) is 6.10 Å². The summed E-state index contributed by atoms with van der Waals surface area (Å²) >= 11 is 0. The fraction of sp³-hybridized carbons (Fsp3) is 1.00. The molecule has 2 bridgehead atoms. The molecule has 3 fully saturated rings. The van der Waals surface area contributed by atoms with Crippen LogP contribution in [0.25, 0.3) is 0 Å². The van der Waals surface area contributed by atoms with E-state index in [0.717, 1.165) is 30.7 Å². The molecule has 0 unspecified atom stereocenters. The maximum Gasteiger partial charge on any atom is 0.0541 e. The van der Waals surface area contributed by atoms with E-state index in [1.54, 1.807) is 0 Å². The third-order valence-corrected chi connectivity index (χ3v) is 4.88. The van der Waals surface area contributed by atoms with Gasteiger partial charge in [-0.05, 0) is 56.8 Å². The third kappa shape index (κ3) is 2.07. The molecule has 0 amide bonds. The Morgan fingerprint density at radius 3 is 2.27 bits per heavy atom. The Labute approximate surface area is 92.4 Å². The molecular weight excluding hydrogens is 186 g/mol. The van der Waals surface area contributed by atoms with Gasteiger partial charge in [-0.15, -0.1) is 0 Å². The molecular formula is C13H23NO. The molecule has 0 radical (unpaired) electrons. The van der Waals surface area contributed by atoms with Crippen LogP contribution in [0, 0.1) is 11.8 Å². The van der Waals surface area contributed by atoms with Crippen LogP contribution in [0.2, 0.25) is 0 Å². The van der Waals surface area contributed by atoms with Gasteiger partial charge >= 0.3 is 0 Å². The zero-order chi connectivity index (χ0) is 10.3. The zero-order valence-corrected chi connectivity index (χ0v) is 9.49. The molecule has 0 aromatic carbocycles. The molecule has 3 saturated carbocycles. The van der Waals surface area contributed by atoms with Gasteiger partial charge in [0.15, 0.2) is 0 Å². The number of rotatable bonds is 2. The van der Waals surface area contributed by atoms with Crippen LogP contribution in [0.3, 0.4) is 0 Å². The smallest absolute Gasteiger partial charge is 0.0541 e. The molecule has 3 aliphatic carbocycles. The standard InChI is InChI=1S/C13H23NO/c15-12-5-3-11(4-6-12)14-13-8-9-1-2-10(13)7-9/h9-15H,1-8H2/t9-,10-,11?,12?,13+/m0/s1. The van der Waals surface area contributed by atoms with Crippen LogP contribution in [0.5, 0.6) is 0 Å². The second-order valence-electron chi connectivity index (χ2n) is 5.95. The molecule has 2 N–H and O–H groups in total. The van der Waals surface area contributed by atoms with Crippen LogP contribution in [0.15, 0.2) is 0 Å². The average molecular weight is 209 g/mol. The average Bonchev–Trinajstić information content (AvgIpc) is 2.83. The van der Waals surface area contributed by atoms with Crippen molar-refractivity contribution in [2.24, 2.45) is 11.8 Å². The fourth-order valence-corrected chi connectivity index (χ4v) is 3.99. The van der Waals surface area contributed by atoms with Crippen molar-refractivity contribution < 1.29 is 5.11 Å². The molecule has 3 aliphatic rings. The molecule has 0 aromatic rings. The molecule has 0 saturated heterocycles. The number of hydrogen-bond acceptors (Lipinski definition) is 2. The van der Waals surface area contributed by atoms with E-state index in [9.17, 15) is 5.11 Å². The minimum absolute atomic E-state index is 0.0110. The van der Waals surface area contributed by atoms with Gasteiger partial charge < -0.3 is 10.4 Å². The quantitative estimate of drug-likeness (QED) is 0.729. The predicted molar refractivity (Wildman–Crippen MR) is 60.6 cm³/mol. The van der Waals surface area contributed by atoms with Gasteiger partial charge in [-0.25, -0.2) is 0 Å². The highest BCUT2D eigenvalue weighted by Crippen LogP contribution is 2.44. The van der Waals surface area contributed by atoms with Crippen molar-refractivity contribution >= 4 is 0 Å². The summed E-state index contributed by atoms with van der Waals surface area (Å²) in [4.78, 5) is 0. The molecule has 86 valence electrons. The molecule has 0 spiro atoms. The summed E-state index contributed by atoms with van der Waals surface area (Å²) in [5.41, 5.74) is 0. The molecule has 3 atom stereocenters. The van der Waals surface area contributed by atoms with E-state index < -0.39 is 0 Å². The number of hydrogen-bond donors (Lipinski definition) is 2. The topological polar surface area (TPSA) is 32.3 Å². The van der Waals surface area contributed by atoms with Gasteiger partial charge in [-0.3, -0.25) is 0 Å². The Balaban J connectivity index is 1.49. The van der Waals surface area contributed by atoms with Crippen LogP contribution >= 0.6 is 0 Å². The van der Waals surface area contributed by atoms with Crippen molar-refractivity contribution in [3.8, 4) is 0 Å². The molecule has 3 rings (SSSR count). The van der Waals surface area contributed by atoms with Gasteiger partial charge in [-0.2, -0.15) is 0 Å². The lowest BCUT2D eigenvalue weighted by Gasteiger charge is -2.32. The number of nitrogens with one attached hydrogen (secondary N) is 1. The maximum atomic E-state index is 9.47. The van der Waals surface area contributed by atoms with Gasteiger partial charge in [0.1, 0.15) is 0 Å². The summed E-state index contributed by atoms with van der Waals surface area (Å²) in [6.07, 6.45) is 10.3. The first kappa shape index (κ1) is 10.1. The van der Waals surface area contributed by atoms with Gasteiger partial charge in [0.2, 0.25) is 0 Å². The molecule has 0 aliphatic heterocycles. The van der Waals surface area contributed by atoms with Gasteiger partial charge in [-0.1, -0.05) is 6.42 Å². The summed E-state index contributed by atoms with van der Waals surface area (Å²) in [6.45, 7) is 0. The highest BCUT2D eigenvalue weighted by atomic mass is 16.3. The Bertz CT molecular complexity index is 223. The van der Waals surface area contributed by atoms with Crippen LogP contribution in [-0.2, 0) is 0 Å². The molecule has 2 nitrogen and oxygen atoms in total. The van der Waals surface area contributed by atoms with Crippen molar-refractivity contribution in [2.75, 3.05) is 0 Å². The van der Waals surface area contributed by atoms with E-state index in [2.05, 4.69) is 5.32 Å². The SMILES string of the molecule is OC1CCC(N[C@@H]2C[C@H]3CC[C@H]2C3)CC1. The summed E-state index contributed by atoms with van der Waals surface area (Å²) in [6, 6.07) is 1.53. The Morgan fingerprint density at radius 2 is 1.67 bits per heavy atom. The highest BCUT2D eigenvalue weighted by Gasteiger charge is 2.40. The first-order valence-electron chi connectivity index (χ1n) is 6.75. The second kappa shape index (κ2) is 4.06. The van der Waals surface area contributed by atoms with E-state index in [4.69, 9.17) is 0 Å². The van der Waals surface area contributed by atoms with E-state index in [0.29, 0.717) is 6.04 Å². The van der Waals surface area contributed by atoms with Crippen LogP contribution in [-0.4, -0.2) is 23.3 Å². The number of aliphatic hydroxyl groups excluding tert-OH is 1. The van der Waals surface area contributed by atoms with Crippen molar-refractivity contribution in [3.63, 3.8) is 0 Å². The predicted octanol–water partition coefficient (Wildman–Crippen LogP) is 2.07. The number of fused-ring (bicyclic) bond motifs is 2. The Morgan fingerprint density at radius 1 is 0.867 bits per heavy atom. The van der Waals surface area contributed by atoms with Gasteiger partial charge in [0.25, 0.3) is 0 Å². The first-order valence-corrected chi connectivity index (χ1v) is 6.75. The summed E-state index contributed by atoms with van der Waals surface area (Å²) in [5.74, 6) is 2.03. The summed E-state index contributed by atoms with van der Waals surface area (Å²) < 4.78 is 0. The van der Waals surface area contributed by atoms with Crippen molar-refractivity contribution in [3.05, 3.63) is 0 Å². The van der Waals surface area contributed by atoms with Crippen LogP contribution in [0.4, 0.5) is 0 Å². The molecule has 15 heavy (non-hydrogen) atoms. The number of aliphatic hydroxyl groups is 1. The third-order valence-electron chi connectivity index (χ3n) is 4.88. The second-order valence-corrected chi connectivity index (χ2v) is 5.95. The molecule has 0 aromatic heterocycles. The lowest BCUT2D eigenvalue weighted by atomic mass is 9.89. The van der Waals surface area contributed by atoms with Gasteiger partial charge in [0, 0.05) is 12.1 Å². The van der Waals surface area contributed by atoms with E-state index in [-0.39, 0.29) is 6.10 Å². The van der Waals surface area contributed by atoms with Crippen LogP contribution in [0.1, 0.15) is 51.4 Å². The lowest BCUT2D eigenvalue weighted by molar-refractivity contribution is 0.111. The normalized spacial score (nSPS) is 49.8. The summed E-state index contributed by atoms with van der Waals surface area (Å²) in [5, 5.41) is 13.3. The minimum atomic E-state index is -0.0110. The van der Waals surface area contributed by atoms with Crippen molar-refractivity contribution in [1.29, 1.82) is 0 Å². The minimum Gasteiger partial charge on any atom is -0.393 e. The molecule has 0 heterocycles. The highest BCUT2D eigenvalue weighted by molar-refractivity contribution is 4.95. The van der Waals surface area contributed by atoms with E-state index >= 15 is 0 Å². The lowest BCUT2D eigenvalue weighted by Crippen LogP contribution is -2.43. The fourth-order valence-electron chi connectivity index (χ4n) is 3.99. The zero-order valence-electron chi connectivity index (χ0n) is 9.49.